The van der Waals surface area contributed by atoms with Crippen molar-refractivity contribution in [3.63, 3.8) is 0 Å². The fourth-order valence-corrected chi connectivity index (χ4v) is 1.73. The summed E-state index contributed by atoms with van der Waals surface area (Å²) >= 11 is 0. The van der Waals surface area contributed by atoms with Crippen LogP contribution in [0.5, 0.6) is 0 Å². The molecule has 4 nitrogen and oxygen atoms in total. The Hall–Kier alpha value is -1.58. The molecule has 1 aliphatic rings. The number of nitrogens with one attached hydrogen (secondary N) is 1. The van der Waals surface area contributed by atoms with E-state index < -0.39 is 0 Å². The highest BCUT2D eigenvalue weighted by molar-refractivity contribution is 6.02. The second-order valence-corrected chi connectivity index (χ2v) is 3.61. The van der Waals surface area contributed by atoms with Gasteiger partial charge < -0.3 is 10.2 Å². The Morgan fingerprint density at radius 3 is 2.88 bits per heavy atom. The third-order valence-electron chi connectivity index (χ3n) is 2.61. The fourth-order valence-electron chi connectivity index (χ4n) is 1.73. The van der Waals surface area contributed by atoms with Crippen LogP contribution in [-0.2, 0) is 0 Å². The Kier molecular flexibility index (Phi) is 4.76. The van der Waals surface area contributed by atoms with Crippen molar-refractivity contribution < 1.29 is 4.79 Å². The minimum absolute atomic E-state index is 0.0264. The highest BCUT2D eigenvalue weighted by Crippen LogP contribution is 2.13. The normalized spacial score (nSPS) is 22.1. The molecule has 1 saturated heterocycles. The Morgan fingerprint density at radius 2 is 2.31 bits per heavy atom. The zero-order chi connectivity index (χ0) is 12.0. The van der Waals surface area contributed by atoms with E-state index in [1.165, 1.54) is 0 Å². The maximum absolute atomic E-state index is 11.5. The molecule has 88 valence electrons. The molecule has 0 bridgehead atoms. The summed E-state index contributed by atoms with van der Waals surface area (Å²) in [5.74, 6) is 0. The third kappa shape index (κ3) is 2.95. The molecule has 16 heavy (non-hydrogen) atoms. The first kappa shape index (κ1) is 12.5. The van der Waals surface area contributed by atoms with Gasteiger partial charge in [0.25, 0.3) is 0 Å². The first-order valence-electron chi connectivity index (χ1n) is 5.47. The molecule has 0 aromatic carbocycles. The highest BCUT2D eigenvalue weighted by atomic mass is 16.2. The van der Waals surface area contributed by atoms with Crippen molar-refractivity contribution in [2.24, 2.45) is 4.99 Å². The van der Waals surface area contributed by atoms with Gasteiger partial charge in [0.1, 0.15) is 0 Å². The Morgan fingerprint density at radius 1 is 1.56 bits per heavy atom. The molecule has 1 aliphatic heterocycles. The number of aliphatic imine (C=N–C) groups is 1. The van der Waals surface area contributed by atoms with E-state index in [9.17, 15) is 4.79 Å². The molecule has 1 fully saturated rings. The van der Waals surface area contributed by atoms with Crippen molar-refractivity contribution in [1.29, 1.82) is 0 Å². The lowest BCUT2D eigenvalue weighted by Gasteiger charge is -2.29. The van der Waals surface area contributed by atoms with Crippen molar-refractivity contribution in [3.05, 3.63) is 23.8 Å². The lowest BCUT2D eigenvalue weighted by molar-refractivity contribution is 0.204. The summed E-state index contributed by atoms with van der Waals surface area (Å²) in [5, 5.41) is 2.65. The topological polar surface area (TPSA) is 44.7 Å². The first-order chi connectivity index (χ1) is 7.72. The zero-order valence-corrected chi connectivity index (χ0v) is 10.2. The number of piperidine rings is 1. The van der Waals surface area contributed by atoms with E-state index in [0.717, 1.165) is 24.3 Å². The van der Waals surface area contributed by atoms with Gasteiger partial charge in [-0.15, -0.1) is 0 Å². The SMILES string of the molecule is C/C=C/C=C1/CN(C(=O)NC)CC/C1=N/C. The van der Waals surface area contributed by atoms with Gasteiger partial charge in [0.05, 0.1) is 0 Å². The molecule has 0 saturated carbocycles. The van der Waals surface area contributed by atoms with E-state index in [-0.39, 0.29) is 6.03 Å². The average Bonchev–Trinajstić information content (AvgIpc) is 2.34. The minimum Gasteiger partial charge on any atom is -0.341 e. The Labute approximate surface area is 96.7 Å². The number of hydrogen-bond donors (Lipinski definition) is 1. The van der Waals surface area contributed by atoms with Crippen LogP contribution in [0.4, 0.5) is 4.79 Å². The molecular weight excluding hydrogens is 202 g/mol. The van der Waals surface area contributed by atoms with Gasteiger partial charge in [-0.1, -0.05) is 18.2 Å². The summed E-state index contributed by atoms with van der Waals surface area (Å²) in [6.07, 6.45) is 6.80. The lowest BCUT2D eigenvalue weighted by atomic mass is 10.0. The number of allylic oxidation sites excluding steroid dienone is 3. The van der Waals surface area contributed by atoms with Gasteiger partial charge in [0.15, 0.2) is 0 Å². The summed E-state index contributed by atoms with van der Waals surface area (Å²) in [5.41, 5.74) is 2.22. The monoisotopic (exact) mass is 221 g/mol. The number of carbonyl (C=O) groups is 1. The van der Waals surface area contributed by atoms with E-state index in [4.69, 9.17) is 0 Å². The molecule has 1 N–H and O–H groups in total. The van der Waals surface area contributed by atoms with Crippen LogP contribution in [0.3, 0.4) is 0 Å². The van der Waals surface area contributed by atoms with Crippen LogP contribution >= 0.6 is 0 Å². The van der Waals surface area contributed by atoms with Crippen LogP contribution < -0.4 is 5.32 Å². The standard InChI is InChI=1S/C12H19N3O/c1-4-5-6-10-9-15(12(16)14-3)8-7-11(10)13-2/h4-6H,7-9H2,1-3H3,(H,14,16)/b5-4+,10-6-,13-11-. The van der Waals surface area contributed by atoms with Gasteiger partial charge in [-0.3, -0.25) is 4.99 Å². The van der Waals surface area contributed by atoms with E-state index in [2.05, 4.69) is 10.3 Å². The number of urea groups is 1. The number of likely N-dealkylation sites (tertiary alicyclic amines) is 1. The van der Waals surface area contributed by atoms with Gasteiger partial charge >= 0.3 is 6.03 Å². The molecule has 0 radical (unpaired) electrons. The zero-order valence-electron chi connectivity index (χ0n) is 10.2. The van der Waals surface area contributed by atoms with Crippen LogP contribution in [0, 0.1) is 0 Å². The summed E-state index contributed by atoms with van der Waals surface area (Å²) in [6, 6.07) is -0.0264. The third-order valence-corrected chi connectivity index (χ3v) is 2.61. The quantitative estimate of drug-likeness (QED) is 0.718. The number of hydrogen-bond acceptors (Lipinski definition) is 2. The van der Waals surface area contributed by atoms with Crippen molar-refractivity contribution in [1.82, 2.24) is 10.2 Å². The first-order valence-corrected chi connectivity index (χ1v) is 5.47. The minimum atomic E-state index is -0.0264. The lowest BCUT2D eigenvalue weighted by Crippen LogP contribution is -2.44. The van der Waals surface area contributed by atoms with Crippen LogP contribution in [0.1, 0.15) is 13.3 Å². The Bertz CT molecular complexity index is 342. The number of nitrogens with zero attached hydrogens (tertiary/aromatic N) is 2. The van der Waals surface area contributed by atoms with Crippen LogP contribution in [0.2, 0.25) is 0 Å². The fraction of sp³-hybridized carbons (Fsp3) is 0.500. The van der Waals surface area contributed by atoms with Crippen LogP contribution in [-0.4, -0.2) is 43.8 Å². The molecule has 0 atom stereocenters. The number of amides is 2. The van der Waals surface area contributed by atoms with Crippen molar-refractivity contribution in [2.75, 3.05) is 27.2 Å². The van der Waals surface area contributed by atoms with Gasteiger partial charge in [-0.2, -0.15) is 0 Å². The van der Waals surface area contributed by atoms with Crippen LogP contribution in [0.15, 0.2) is 28.8 Å². The molecule has 1 heterocycles. The van der Waals surface area contributed by atoms with E-state index in [1.807, 2.05) is 25.2 Å². The predicted molar refractivity (Wildman–Crippen MR) is 66.9 cm³/mol. The molecule has 4 heteroatoms. The van der Waals surface area contributed by atoms with Crippen molar-refractivity contribution in [3.8, 4) is 0 Å². The number of carbonyl (C=O) groups excluding carboxylic acids is 1. The summed E-state index contributed by atoms with van der Waals surface area (Å²) in [7, 11) is 3.45. The van der Waals surface area contributed by atoms with Gasteiger partial charge in [-0.05, 0) is 12.5 Å². The maximum atomic E-state index is 11.5. The molecule has 0 spiro atoms. The molecule has 0 aliphatic carbocycles. The van der Waals surface area contributed by atoms with E-state index >= 15 is 0 Å². The van der Waals surface area contributed by atoms with E-state index in [1.54, 1.807) is 19.0 Å². The van der Waals surface area contributed by atoms with E-state index in [0.29, 0.717) is 6.54 Å². The van der Waals surface area contributed by atoms with Crippen molar-refractivity contribution >= 4 is 11.7 Å². The average molecular weight is 221 g/mol. The van der Waals surface area contributed by atoms with Gasteiger partial charge in [0, 0.05) is 39.3 Å². The summed E-state index contributed by atoms with van der Waals surface area (Å²) in [6.45, 7) is 3.34. The molecular formula is C12H19N3O. The molecule has 2 amide bonds. The molecule has 1 rings (SSSR count). The molecule has 0 aromatic rings. The maximum Gasteiger partial charge on any atom is 0.317 e. The van der Waals surface area contributed by atoms with Gasteiger partial charge in [-0.25, -0.2) is 4.79 Å². The van der Waals surface area contributed by atoms with Crippen molar-refractivity contribution in [2.45, 2.75) is 13.3 Å². The van der Waals surface area contributed by atoms with Crippen LogP contribution in [0.25, 0.3) is 0 Å². The molecule has 0 aromatic heterocycles. The largest absolute Gasteiger partial charge is 0.341 e. The second-order valence-electron chi connectivity index (χ2n) is 3.61. The second kappa shape index (κ2) is 6.10. The van der Waals surface area contributed by atoms with Gasteiger partial charge in [0.2, 0.25) is 0 Å². The smallest absolute Gasteiger partial charge is 0.317 e. The molecule has 0 unspecified atom stereocenters. The Balaban J connectivity index is 2.81. The summed E-state index contributed by atoms with van der Waals surface area (Å²) in [4.78, 5) is 17.6. The number of rotatable bonds is 1. The highest BCUT2D eigenvalue weighted by Gasteiger charge is 2.21. The predicted octanol–water partition coefficient (Wildman–Crippen LogP) is 1.60. The summed E-state index contributed by atoms with van der Waals surface area (Å²) < 4.78 is 0.